The summed E-state index contributed by atoms with van der Waals surface area (Å²) in [5, 5.41) is 19.3. The van der Waals surface area contributed by atoms with Gasteiger partial charge in [0, 0.05) is 17.7 Å². The highest BCUT2D eigenvalue weighted by Gasteiger charge is 2.56. The SMILES string of the molecule is CCOC[C@@]1(O)CC[C@H]2[C@H](CC[C@@H]3[C@@H]2CC[C@]2(C)C(=N)CC[C@@H]32)C1. The Morgan fingerprint density at radius 2 is 1.88 bits per heavy atom. The molecule has 136 valence electrons. The molecule has 0 amide bonds. The topological polar surface area (TPSA) is 53.3 Å². The highest BCUT2D eigenvalue weighted by Crippen LogP contribution is 2.61. The molecule has 0 aromatic carbocycles. The van der Waals surface area contributed by atoms with Crippen LogP contribution >= 0.6 is 0 Å². The van der Waals surface area contributed by atoms with Crippen molar-refractivity contribution in [2.24, 2.45) is 35.0 Å². The van der Waals surface area contributed by atoms with E-state index in [1.165, 1.54) is 38.5 Å². The molecule has 0 radical (unpaired) electrons. The van der Waals surface area contributed by atoms with E-state index < -0.39 is 5.60 Å². The van der Waals surface area contributed by atoms with Gasteiger partial charge >= 0.3 is 0 Å². The van der Waals surface area contributed by atoms with E-state index in [9.17, 15) is 5.11 Å². The molecule has 0 heterocycles. The Kier molecular flexibility index (Phi) is 4.32. The maximum atomic E-state index is 10.9. The van der Waals surface area contributed by atoms with Crippen LogP contribution in [0.4, 0.5) is 0 Å². The molecule has 3 heteroatoms. The average Bonchev–Trinajstić information content (AvgIpc) is 2.88. The fourth-order valence-corrected chi connectivity index (χ4v) is 7.20. The Balaban J connectivity index is 1.48. The van der Waals surface area contributed by atoms with E-state index in [1.54, 1.807) is 0 Å². The van der Waals surface area contributed by atoms with Gasteiger partial charge in [-0.25, -0.2) is 0 Å². The predicted molar refractivity (Wildman–Crippen MR) is 96.3 cm³/mol. The van der Waals surface area contributed by atoms with Crippen LogP contribution in [0.15, 0.2) is 0 Å². The number of fused-ring (bicyclic) bond motifs is 5. The minimum Gasteiger partial charge on any atom is -0.387 e. The van der Waals surface area contributed by atoms with Gasteiger partial charge in [-0.3, -0.25) is 0 Å². The second-order valence-corrected chi connectivity index (χ2v) is 9.51. The molecule has 0 aromatic rings. The molecule has 4 rings (SSSR count). The van der Waals surface area contributed by atoms with E-state index in [2.05, 4.69) is 6.92 Å². The lowest BCUT2D eigenvalue weighted by molar-refractivity contribution is -0.122. The van der Waals surface area contributed by atoms with Gasteiger partial charge in [0.25, 0.3) is 0 Å². The minimum atomic E-state index is -0.567. The number of hydrogen-bond acceptors (Lipinski definition) is 3. The molecule has 2 N–H and O–H groups in total. The first kappa shape index (κ1) is 17.0. The van der Waals surface area contributed by atoms with E-state index in [0.29, 0.717) is 19.1 Å². The van der Waals surface area contributed by atoms with Crippen LogP contribution in [0.25, 0.3) is 0 Å². The summed E-state index contributed by atoms with van der Waals surface area (Å²) >= 11 is 0. The lowest BCUT2D eigenvalue weighted by Gasteiger charge is -2.56. The Morgan fingerprint density at radius 3 is 2.67 bits per heavy atom. The summed E-state index contributed by atoms with van der Waals surface area (Å²) in [6.45, 7) is 5.63. The number of nitrogens with one attached hydrogen (secondary N) is 1. The van der Waals surface area contributed by atoms with E-state index in [1.807, 2.05) is 6.92 Å². The van der Waals surface area contributed by atoms with Crippen molar-refractivity contribution in [2.45, 2.75) is 77.2 Å². The van der Waals surface area contributed by atoms with Crippen molar-refractivity contribution in [1.29, 1.82) is 5.41 Å². The fourth-order valence-electron chi connectivity index (χ4n) is 7.20. The zero-order valence-electron chi connectivity index (χ0n) is 15.5. The quantitative estimate of drug-likeness (QED) is 0.803. The molecule has 24 heavy (non-hydrogen) atoms. The predicted octanol–water partition coefficient (Wildman–Crippen LogP) is 4.43. The molecule has 0 aliphatic heterocycles. The largest absolute Gasteiger partial charge is 0.387 e. The molecule has 0 spiro atoms. The minimum absolute atomic E-state index is 0.221. The maximum absolute atomic E-state index is 10.9. The smallest absolute Gasteiger partial charge is 0.0883 e. The van der Waals surface area contributed by atoms with Gasteiger partial charge in [-0.1, -0.05) is 6.92 Å². The summed E-state index contributed by atoms with van der Waals surface area (Å²) in [5.74, 6) is 4.02. The highest BCUT2D eigenvalue weighted by molar-refractivity contribution is 5.89. The second kappa shape index (κ2) is 6.09. The van der Waals surface area contributed by atoms with Gasteiger partial charge in [0.2, 0.25) is 0 Å². The van der Waals surface area contributed by atoms with Gasteiger partial charge in [0.1, 0.15) is 0 Å². The van der Waals surface area contributed by atoms with E-state index in [4.69, 9.17) is 10.1 Å². The lowest BCUT2D eigenvalue weighted by Crippen LogP contribution is -2.52. The molecule has 0 saturated heterocycles. The zero-order chi connectivity index (χ0) is 16.9. The van der Waals surface area contributed by atoms with Crippen LogP contribution < -0.4 is 0 Å². The van der Waals surface area contributed by atoms with Crippen LogP contribution in [-0.2, 0) is 4.74 Å². The van der Waals surface area contributed by atoms with Crippen LogP contribution in [0.2, 0.25) is 0 Å². The van der Waals surface area contributed by atoms with Crippen molar-refractivity contribution in [3.05, 3.63) is 0 Å². The molecule has 4 fully saturated rings. The van der Waals surface area contributed by atoms with Crippen LogP contribution in [0.5, 0.6) is 0 Å². The number of aliphatic hydroxyl groups is 1. The normalized spacial score (nSPS) is 51.0. The van der Waals surface area contributed by atoms with Crippen LogP contribution in [0, 0.1) is 40.4 Å². The monoisotopic (exact) mass is 333 g/mol. The first-order valence-corrected chi connectivity index (χ1v) is 10.3. The van der Waals surface area contributed by atoms with Crippen molar-refractivity contribution >= 4 is 5.71 Å². The van der Waals surface area contributed by atoms with Crippen molar-refractivity contribution in [1.82, 2.24) is 0 Å². The summed E-state index contributed by atoms with van der Waals surface area (Å²) in [6, 6.07) is 0. The first-order chi connectivity index (χ1) is 11.5. The van der Waals surface area contributed by atoms with Crippen molar-refractivity contribution in [2.75, 3.05) is 13.2 Å². The fraction of sp³-hybridized carbons (Fsp3) is 0.952. The average molecular weight is 334 g/mol. The molecule has 4 saturated carbocycles. The van der Waals surface area contributed by atoms with Gasteiger partial charge < -0.3 is 15.3 Å². The van der Waals surface area contributed by atoms with E-state index in [-0.39, 0.29) is 5.41 Å². The van der Waals surface area contributed by atoms with Gasteiger partial charge in [0.15, 0.2) is 0 Å². The molecular weight excluding hydrogens is 298 g/mol. The van der Waals surface area contributed by atoms with Crippen molar-refractivity contribution < 1.29 is 9.84 Å². The Labute approximate surface area is 147 Å². The maximum Gasteiger partial charge on any atom is 0.0883 e. The summed E-state index contributed by atoms with van der Waals surface area (Å²) in [7, 11) is 0. The summed E-state index contributed by atoms with van der Waals surface area (Å²) < 4.78 is 5.57. The lowest BCUT2D eigenvalue weighted by atomic mass is 9.49. The molecule has 0 bridgehead atoms. The highest BCUT2D eigenvalue weighted by atomic mass is 16.5. The third kappa shape index (κ3) is 2.58. The summed E-state index contributed by atoms with van der Waals surface area (Å²) in [4.78, 5) is 0. The number of ether oxygens (including phenoxy) is 1. The molecule has 4 aliphatic rings. The van der Waals surface area contributed by atoms with Gasteiger partial charge in [-0.05, 0) is 94.3 Å². The first-order valence-electron chi connectivity index (χ1n) is 10.3. The van der Waals surface area contributed by atoms with Crippen molar-refractivity contribution in [3.8, 4) is 0 Å². The summed E-state index contributed by atoms with van der Waals surface area (Å²) in [5.41, 5.74) is 0.698. The van der Waals surface area contributed by atoms with Crippen LogP contribution in [0.1, 0.15) is 71.6 Å². The van der Waals surface area contributed by atoms with Crippen LogP contribution in [-0.4, -0.2) is 29.6 Å². The van der Waals surface area contributed by atoms with Crippen molar-refractivity contribution in [3.63, 3.8) is 0 Å². The molecule has 3 nitrogen and oxygen atoms in total. The molecule has 7 atom stereocenters. The Bertz CT molecular complexity index is 506. The molecule has 4 aliphatic carbocycles. The van der Waals surface area contributed by atoms with E-state index in [0.717, 1.165) is 48.6 Å². The Morgan fingerprint density at radius 1 is 1.08 bits per heavy atom. The molecule has 0 aromatic heterocycles. The molecule has 0 unspecified atom stereocenters. The van der Waals surface area contributed by atoms with E-state index >= 15 is 0 Å². The summed E-state index contributed by atoms with van der Waals surface area (Å²) in [6.07, 6.45) is 10.6. The van der Waals surface area contributed by atoms with Gasteiger partial charge in [-0.2, -0.15) is 0 Å². The zero-order valence-corrected chi connectivity index (χ0v) is 15.5. The molecular formula is C21H35NO2. The van der Waals surface area contributed by atoms with Crippen LogP contribution in [0.3, 0.4) is 0 Å². The number of rotatable bonds is 3. The number of hydrogen-bond donors (Lipinski definition) is 2. The third-order valence-electron chi connectivity index (χ3n) is 8.46. The second-order valence-electron chi connectivity index (χ2n) is 9.51. The standard InChI is InChI=1S/C21H35NO2/c1-3-24-13-21(23)11-9-15-14(12-21)4-5-17-16(15)8-10-20(2)18(17)6-7-19(20)22/h14-18,22-23H,3-13H2,1-2H3/t14-,15+,16-,17-,18+,20+,21-/m1/s1. The third-order valence-corrected chi connectivity index (χ3v) is 8.46. The Hall–Kier alpha value is -0.410. The van der Waals surface area contributed by atoms with Gasteiger partial charge in [-0.15, -0.1) is 0 Å². The van der Waals surface area contributed by atoms with Gasteiger partial charge in [0.05, 0.1) is 12.2 Å².